The van der Waals surface area contributed by atoms with Crippen molar-refractivity contribution in [3.8, 4) is 0 Å². The van der Waals surface area contributed by atoms with Gasteiger partial charge >= 0.3 is 5.69 Å². The van der Waals surface area contributed by atoms with Crippen LogP contribution in [0.4, 0.5) is 10.1 Å². The van der Waals surface area contributed by atoms with Crippen molar-refractivity contribution >= 4 is 5.69 Å². The van der Waals surface area contributed by atoms with Crippen LogP contribution in [0.3, 0.4) is 0 Å². The Labute approximate surface area is 97.6 Å². The fourth-order valence-electron chi connectivity index (χ4n) is 2.01. The summed E-state index contributed by atoms with van der Waals surface area (Å²) in [6, 6.07) is 3.91. The van der Waals surface area contributed by atoms with Gasteiger partial charge in [-0.1, -0.05) is 6.07 Å². The Morgan fingerprint density at radius 1 is 1.59 bits per heavy atom. The molecule has 1 aromatic rings. The van der Waals surface area contributed by atoms with Crippen LogP contribution >= 0.6 is 0 Å². The molecule has 1 aliphatic rings. The van der Waals surface area contributed by atoms with Gasteiger partial charge in [0.05, 0.1) is 11.0 Å². The van der Waals surface area contributed by atoms with Gasteiger partial charge in [-0.25, -0.2) is 0 Å². The summed E-state index contributed by atoms with van der Waals surface area (Å²) in [5.74, 6) is -0.813. The normalized spacial score (nSPS) is 20.7. The lowest BCUT2D eigenvalue weighted by Crippen LogP contribution is -2.21. The largest absolute Gasteiger partial charge is 0.392 e. The van der Waals surface area contributed by atoms with E-state index in [2.05, 4.69) is 0 Å². The predicted octanol–water partition coefficient (Wildman–Crippen LogP) is 1.30. The number of β-amino-alcohol motifs (C(OH)–C–C–N with tert-alkyl or cyclic N) is 1. The molecule has 1 fully saturated rings. The average Bonchev–Trinajstić information content (AvgIpc) is 2.63. The second-order valence-corrected chi connectivity index (χ2v) is 4.22. The SMILES string of the molecule is O=[N+]([O-])c1ccc(CN2CCC(O)C2)cc1F. The fraction of sp³-hybridized carbons (Fsp3) is 0.455. The lowest BCUT2D eigenvalue weighted by Gasteiger charge is -2.14. The van der Waals surface area contributed by atoms with Gasteiger partial charge in [-0.15, -0.1) is 0 Å². The maximum absolute atomic E-state index is 13.3. The van der Waals surface area contributed by atoms with Gasteiger partial charge in [0.15, 0.2) is 0 Å². The molecular formula is C11H13FN2O3. The molecule has 0 aromatic heterocycles. The van der Waals surface area contributed by atoms with Crippen LogP contribution in [-0.4, -0.2) is 34.1 Å². The van der Waals surface area contributed by atoms with E-state index < -0.39 is 16.4 Å². The van der Waals surface area contributed by atoms with E-state index in [1.165, 1.54) is 12.1 Å². The maximum atomic E-state index is 13.3. The molecule has 1 unspecified atom stereocenters. The molecule has 6 heteroatoms. The van der Waals surface area contributed by atoms with Crippen molar-refractivity contribution in [1.82, 2.24) is 4.90 Å². The van der Waals surface area contributed by atoms with Crippen LogP contribution in [0.25, 0.3) is 0 Å². The number of halogens is 1. The van der Waals surface area contributed by atoms with E-state index in [0.29, 0.717) is 18.7 Å². The van der Waals surface area contributed by atoms with Gasteiger partial charge < -0.3 is 5.11 Å². The summed E-state index contributed by atoms with van der Waals surface area (Å²) in [5.41, 5.74) is 0.178. The Bertz CT molecular complexity index is 439. The molecule has 0 radical (unpaired) electrons. The van der Waals surface area contributed by atoms with Crippen molar-refractivity contribution in [3.05, 3.63) is 39.7 Å². The minimum absolute atomic E-state index is 0.321. The summed E-state index contributed by atoms with van der Waals surface area (Å²) in [6.07, 6.45) is 0.396. The first-order valence-electron chi connectivity index (χ1n) is 5.39. The maximum Gasteiger partial charge on any atom is 0.304 e. The molecule has 0 saturated carbocycles. The van der Waals surface area contributed by atoms with Crippen molar-refractivity contribution in [2.24, 2.45) is 0 Å². The molecule has 1 aromatic carbocycles. The Kier molecular flexibility index (Phi) is 3.35. The molecule has 1 heterocycles. The van der Waals surface area contributed by atoms with Crippen molar-refractivity contribution in [2.45, 2.75) is 19.1 Å². The highest BCUT2D eigenvalue weighted by atomic mass is 19.1. The third-order valence-electron chi connectivity index (χ3n) is 2.86. The number of benzene rings is 1. The number of rotatable bonds is 3. The Balaban J connectivity index is 2.07. The van der Waals surface area contributed by atoms with Crippen molar-refractivity contribution in [1.29, 1.82) is 0 Å². The highest BCUT2D eigenvalue weighted by Crippen LogP contribution is 2.20. The van der Waals surface area contributed by atoms with Gasteiger partial charge in [0.25, 0.3) is 0 Å². The second-order valence-electron chi connectivity index (χ2n) is 4.22. The first-order valence-corrected chi connectivity index (χ1v) is 5.39. The molecule has 5 nitrogen and oxygen atoms in total. The number of nitro benzene ring substituents is 1. The summed E-state index contributed by atoms with van der Waals surface area (Å²) in [7, 11) is 0. The highest BCUT2D eigenvalue weighted by Gasteiger charge is 2.21. The molecule has 0 bridgehead atoms. The number of hydrogen-bond donors (Lipinski definition) is 1. The quantitative estimate of drug-likeness (QED) is 0.638. The fourth-order valence-corrected chi connectivity index (χ4v) is 2.01. The zero-order chi connectivity index (χ0) is 12.4. The highest BCUT2D eigenvalue weighted by molar-refractivity contribution is 5.35. The lowest BCUT2D eigenvalue weighted by molar-refractivity contribution is -0.387. The van der Waals surface area contributed by atoms with E-state index in [4.69, 9.17) is 0 Å². The van der Waals surface area contributed by atoms with E-state index in [1.807, 2.05) is 4.90 Å². The number of nitrogens with zero attached hydrogens (tertiary/aromatic N) is 2. The van der Waals surface area contributed by atoms with Gasteiger partial charge in [-0.3, -0.25) is 15.0 Å². The molecular weight excluding hydrogens is 227 g/mol. The first-order chi connectivity index (χ1) is 8.06. The van der Waals surface area contributed by atoms with E-state index in [0.717, 1.165) is 13.0 Å². The van der Waals surface area contributed by atoms with Gasteiger partial charge in [0.1, 0.15) is 0 Å². The van der Waals surface area contributed by atoms with Crippen molar-refractivity contribution in [3.63, 3.8) is 0 Å². The van der Waals surface area contributed by atoms with Crippen LogP contribution in [-0.2, 0) is 6.54 Å². The zero-order valence-electron chi connectivity index (χ0n) is 9.17. The average molecular weight is 240 g/mol. The van der Waals surface area contributed by atoms with E-state index in [9.17, 15) is 19.6 Å². The molecule has 0 aliphatic carbocycles. The molecule has 2 rings (SSSR count). The molecule has 1 aliphatic heterocycles. The standard InChI is InChI=1S/C11H13FN2O3/c12-10-5-8(1-2-11(10)14(16)17)6-13-4-3-9(15)7-13/h1-2,5,9,15H,3-4,6-7H2. The van der Waals surface area contributed by atoms with Gasteiger partial charge in [0.2, 0.25) is 5.82 Å². The minimum atomic E-state index is -0.813. The minimum Gasteiger partial charge on any atom is -0.392 e. The molecule has 1 atom stereocenters. The number of aliphatic hydroxyl groups excluding tert-OH is 1. The Hall–Kier alpha value is -1.53. The molecule has 1 N–H and O–H groups in total. The summed E-state index contributed by atoms with van der Waals surface area (Å²) >= 11 is 0. The summed E-state index contributed by atoms with van der Waals surface area (Å²) in [4.78, 5) is 11.7. The van der Waals surface area contributed by atoms with Crippen LogP contribution in [0.15, 0.2) is 18.2 Å². The van der Waals surface area contributed by atoms with Crippen LogP contribution in [0, 0.1) is 15.9 Å². The molecule has 17 heavy (non-hydrogen) atoms. The van der Waals surface area contributed by atoms with E-state index >= 15 is 0 Å². The molecule has 92 valence electrons. The van der Waals surface area contributed by atoms with Crippen molar-refractivity contribution < 1.29 is 14.4 Å². The van der Waals surface area contributed by atoms with E-state index in [-0.39, 0.29) is 6.10 Å². The van der Waals surface area contributed by atoms with Crippen molar-refractivity contribution in [2.75, 3.05) is 13.1 Å². The lowest BCUT2D eigenvalue weighted by atomic mass is 10.2. The van der Waals surface area contributed by atoms with Gasteiger partial charge in [-0.05, 0) is 18.1 Å². The summed E-state index contributed by atoms with van der Waals surface area (Å²) in [6.45, 7) is 1.84. The van der Waals surface area contributed by atoms with E-state index in [1.54, 1.807) is 6.07 Å². The van der Waals surface area contributed by atoms with Crippen LogP contribution in [0.1, 0.15) is 12.0 Å². The van der Waals surface area contributed by atoms with Gasteiger partial charge in [-0.2, -0.15) is 4.39 Å². The predicted molar refractivity (Wildman–Crippen MR) is 59.0 cm³/mol. The van der Waals surface area contributed by atoms with Crippen LogP contribution in [0.5, 0.6) is 0 Å². The third kappa shape index (κ3) is 2.78. The Morgan fingerprint density at radius 3 is 2.88 bits per heavy atom. The topological polar surface area (TPSA) is 66.6 Å². The number of likely N-dealkylation sites (tertiary alicyclic amines) is 1. The third-order valence-corrected chi connectivity index (χ3v) is 2.86. The smallest absolute Gasteiger partial charge is 0.304 e. The monoisotopic (exact) mass is 240 g/mol. The van der Waals surface area contributed by atoms with Crippen LogP contribution in [0.2, 0.25) is 0 Å². The van der Waals surface area contributed by atoms with Gasteiger partial charge in [0, 0.05) is 25.7 Å². The first kappa shape index (κ1) is 11.9. The summed E-state index contributed by atoms with van der Waals surface area (Å²) in [5, 5.41) is 19.8. The number of nitro groups is 1. The molecule has 1 saturated heterocycles. The number of hydrogen-bond acceptors (Lipinski definition) is 4. The second kappa shape index (κ2) is 4.77. The molecule has 0 amide bonds. The molecule has 0 spiro atoms. The van der Waals surface area contributed by atoms with Crippen LogP contribution < -0.4 is 0 Å². The summed E-state index contributed by atoms with van der Waals surface area (Å²) < 4.78 is 13.3. The Morgan fingerprint density at radius 2 is 2.35 bits per heavy atom. The number of aliphatic hydroxyl groups is 1. The zero-order valence-corrected chi connectivity index (χ0v) is 9.17.